The predicted octanol–water partition coefficient (Wildman–Crippen LogP) is 3.03. The van der Waals surface area contributed by atoms with Crippen LogP contribution >= 0.6 is 27.3 Å². The second-order valence-corrected chi connectivity index (χ2v) is 5.17. The third-order valence-corrected chi connectivity index (χ3v) is 3.50. The van der Waals surface area contributed by atoms with E-state index >= 15 is 0 Å². The van der Waals surface area contributed by atoms with Crippen molar-refractivity contribution in [3.05, 3.63) is 28.7 Å². The molecule has 3 nitrogen and oxygen atoms in total. The van der Waals surface area contributed by atoms with Crippen molar-refractivity contribution in [2.24, 2.45) is 0 Å². The summed E-state index contributed by atoms with van der Waals surface area (Å²) < 4.78 is 1.06. The topological polar surface area (TPSA) is 29.0 Å². The summed E-state index contributed by atoms with van der Waals surface area (Å²) in [6.45, 7) is 0. The summed E-state index contributed by atoms with van der Waals surface area (Å²) in [5.41, 5.74) is 1.09. The SMILES string of the molecule is CN(C)c1nnc(-c2cccc(Br)c2)s1. The van der Waals surface area contributed by atoms with Gasteiger partial charge in [0, 0.05) is 24.1 Å². The van der Waals surface area contributed by atoms with Crippen LogP contribution < -0.4 is 4.90 Å². The molecule has 5 heteroatoms. The fourth-order valence-electron chi connectivity index (χ4n) is 1.13. The summed E-state index contributed by atoms with van der Waals surface area (Å²) in [6.07, 6.45) is 0. The third kappa shape index (κ3) is 2.35. The van der Waals surface area contributed by atoms with Crippen LogP contribution in [0.25, 0.3) is 10.6 Å². The summed E-state index contributed by atoms with van der Waals surface area (Å²) in [5, 5.41) is 10.1. The van der Waals surface area contributed by atoms with Crippen molar-refractivity contribution < 1.29 is 0 Å². The molecule has 78 valence electrons. The van der Waals surface area contributed by atoms with Gasteiger partial charge in [-0.1, -0.05) is 39.4 Å². The normalized spacial score (nSPS) is 10.3. The van der Waals surface area contributed by atoms with Gasteiger partial charge in [0.25, 0.3) is 0 Å². The first kappa shape index (κ1) is 10.6. The molecule has 0 fully saturated rings. The highest BCUT2D eigenvalue weighted by Crippen LogP contribution is 2.28. The Kier molecular flexibility index (Phi) is 3.02. The predicted molar refractivity (Wildman–Crippen MR) is 67.4 cm³/mol. The van der Waals surface area contributed by atoms with E-state index in [0.29, 0.717) is 0 Å². The maximum Gasteiger partial charge on any atom is 0.208 e. The Morgan fingerprint density at radius 2 is 2.07 bits per heavy atom. The van der Waals surface area contributed by atoms with E-state index in [1.165, 1.54) is 0 Å². The lowest BCUT2D eigenvalue weighted by atomic mass is 10.2. The van der Waals surface area contributed by atoms with Crippen LogP contribution in [0.15, 0.2) is 28.7 Å². The summed E-state index contributed by atoms with van der Waals surface area (Å²) >= 11 is 5.03. The minimum Gasteiger partial charge on any atom is -0.353 e. The van der Waals surface area contributed by atoms with Crippen LogP contribution in [-0.4, -0.2) is 24.3 Å². The number of aromatic nitrogens is 2. The number of hydrogen-bond donors (Lipinski definition) is 0. The van der Waals surface area contributed by atoms with E-state index in [0.717, 1.165) is 20.2 Å². The molecule has 0 saturated heterocycles. The van der Waals surface area contributed by atoms with E-state index in [1.807, 2.05) is 43.3 Å². The molecule has 2 aromatic rings. The Balaban J connectivity index is 2.37. The van der Waals surface area contributed by atoms with E-state index in [9.17, 15) is 0 Å². The lowest BCUT2D eigenvalue weighted by Crippen LogP contribution is -2.07. The number of hydrogen-bond acceptors (Lipinski definition) is 4. The first-order valence-electron chi connectivity index (χ1n) is 4.43. The van der Waals surface area contributed by atoms with Crippen LogP contribution in [0.5, 0.6) is 0 Å². The zero-order chi connectivity index (χ0) is 10.8. The molecule has 0 spiro atoms. The van der Waals surface area contributed by atoms with Gasteiger partial charge in [0.2, 0.25) is 5.13 Å². The maximum absolute atomic E-state index is 4.15. The van der Waals surface area contributed by atoms with Crippen molar-refractivity contribution in [3.63, 3.8) is 0 Å². The molecule has 0 amide bonds. The van der Waals surface area contributed by atoms with Crippen LogP contribution in [0, 0.1) is 0 Å². The Morgan fingerprint density at radius 1 is 1.27 bits per heavy atom. The zero-order valence-electron chi connectivity index (χ0n) is 8.44. The molecule has 0 aliphatic carbocycles. The van der Waals surface area contributed by atoms with Gasteiger partial charge in [-0.3, -0.25) is 0 Å². The molecule has 0 aliphatic rings. The first-order chi connectivity index (χ1) is 7.16. The van der Waals surface area contributed by atoms with Crippen LogP contribution in [0.1, 0.15) is 0 Å². The molecular formula is C10H10BrN3S. The monoisotopic (exact) mass is 283 g/mol. The second kappa shape index (κ2) is 4.28. The Bertz CT molecular complexity index is 467. The Labute approximate surface area is 101 Å². The van der Waals surface area contributed by atoms with Crippen molar-refractivity contribution in [3.8, 4) is 10.6 Å². The number of nitrogens with zero attached hydrogens (tertiary/aromatic N) is 3. The highest BCUT2D eigenvalue weighted by atomic mass is 79.9. The number of halogens is 1. The quantitative estimate of drug-likeness (QED) is 0.848. The summed E-state index contributed by atoms with van der Waals surface area (Å²) in [5.74, 6) is 0. The Hall–Kier alpha value is -0.940. The van der Waals surface area contributed by atoms with E-state index < -0.39 is 0 Å². The van der Waals surface area contributed by atoms with Crippen LogP contribution in [0.4, 0.5) is 5.13 Å². The first-order valence-corrected chi connectivity index (χ1v) is 6.04. The van der Waals surface area contributed by atoms with Crippen molar-refractivity contribution >= 4 is 32.4 Å². The molecule has 1 heterocycles. The smallest absolute Gasteiger partial charge is 0.208 e. The van der Waals surface area contributed by atoms with Crippen LogP contribution in [0.3, 0.4) is 0 Å². The van der Waals surface area contributed by atoms with Crippen molar-refractivity contribution in [2.75, 3.05) is 19.0 Å². The van der Waals surface area contributed by atoms with Gasteiger partial charge in [-0.05, 0) is 12.1 Å². The van der Waals surface area contributed by atoms with E-state index in [2.05, 4.69) is 26.1 Å². The molecule has 15 heavy (non-hydrogen) atoms. The number of rotatable bonds is 2. The van der Waals surface area contributed by atoms with Gasteiger partial charge in [-0.25, -0.2) is 0 Å². The average Bonchev–Trinajstić information content (AvgIpc) is 2.66. The van der Waals surface area contributed by atoms with Gasteiger partial charge in [-0.15, -0.1) is 10.2 Å². The molecule has 0 aliphatic heterocycles. The molecular weight excluding hydrogens is 274 g/mol. The standard InChI is InChI=1S/C10H10BrN3S/c1-14(2)10-13-12-9(15-10)7-4-3-5-8(11)6-7/h3-6H,1-2H3. The average molecular weight is 284 g/mol. The van der Waals surface area contributed by atoms with Crippen molar-refractivity contribution in [1.82, 2.24) is 10.2 Å². The van der Waals surface area contributed by atoms with E-state index in [4.69, 9.17) is 0 Å². The summed E-state index contributed by atoms with van der Waals surface area (Å²) in [6, 6.07) is 8.07. The number of anilines is 1. The Morgan fingerprint density at radius 3 is 2.67 bits per heavy atom. The minimum absolute atomic E-state index is 0.921. The second-order valence-electron chi connectivity index (χ2n) is 3.29. The lowest BCUT2D eigenvalue weighted by molar-refractivity contribution is 1.02. The lowest BCUT2D eigenvalue weighted by Gasteiger charge is -2.03. The van der Waals surface area contributed by atoms with Gasteiger partial charge >= 0.3 is 0 Å². The van der Waals surface area contributed by atoms with E-state index in [-0.39, 0.29) is 0 Å². The molecule has 0 unspecified atom stereocenters. The van der Waals surface area contributed by atoms with E-state index in [1.54, 1.807) is 11.3 Å². The molecule has 1 aromatic carbocycles. The maximum atomic E-state index is 4.15. The largest absolute Gasteiger partial charge is 0.353 e. The highest BCUT2D eigenvalue weighted by molar-refractivity contribution is 9.10. The molecule has 0 saturated carbocycles. The zero-order valence-corrected chi connectivity index (χ0v) is 10.8. The molecule has 0 bridgehead atoms. The van der Waals surface area contributed by atoms with Gasteiger partial charge < -0.3 is 4.90 Å². The fraction of sp³-hybridized carbons (Fsp3) is 0.200. The van der Waals surface area contributed by atoms with Gasteiger partial charge in [0.05, 0.1) is 0 Å². The van der Waals surface area contributed by atoms with Gasteiger partial charge in [0.15, 0.2) is 0 Å². The third-order valence-electron chi connectivity index (χ3n) is 1.87. The van der Waals surface area contributed by atoms with Gasteiger partial charge in [-0.2, -0.15) is 0 Å². The highest BCUT2D eigenvalue weighted by Gasteiger charge is 2.07. The molecule has 0 N–H and O–H groups in total. The van der Waals surface area contributed by atoms with Crippen LogP contribution in [-0.2, 0) is 0 Å². The summed E-state index contributed by atoms with van der Waals surface area (Å²) in [7, 11) is 3.93. The van der Waals surface area contributed by atoms with Gasteiger partial charge in [0.1, 0.15) is 5.01 Å². The fourth-order valence-corrected chi connectivity index (χ4v) is 2.30. The number of benzene rings is 1. The molecule has 2 rings (SSSR count). The molecule has 0 atom stereocenters. The molecule has 1 aromatic heterocycles. The van der Waals surface area contributed by atoms with Crippen molar-refractivity contribution in [2.45, 2.75) is 0 Å². The molecule has 0 radical (unpaired) electrons. The summed E-state index contributed by atoms with van der Waals surface area (Å²) in [4.78, 5) is 1.96. The van der Waals surface area contributed by atoms with Crippen LogP contribution in [0.2, 0.25) is 0 Å². The van der Waals surface area contributed by atoms with Crippen molar-refractivity contribution in [1.29, 1.82) is 0 Å². The minimum atomic E-state index is 0.921.